The molecule has 86 valence electrons. The van der Waals surface area contributed by atoms with Crippen LogP contribution in [0.3, 0.4) is 0 Å². The summed E-state index contributed by atoms with van der Waals surface area (Å²) >= 11 is 1.65. The van der Waals surface area contributed by atoms with E-state index in [-0.39, 0.29) is 5.91 Å². The second-order valence-electron chi connectivity index (χ2n) is 3.93. The van der Waals surface area contributed by atoms with E-state index in [1.807, 2.05) is 23.9 Å². The number of carbonyl (C=O) groups excluding carboxylic acids is 1. The number of hydrogen-bond donors (Lipinski definition) is 1. The van der Waals surface area contributed by atoms with Crippen molar-refractivity contribution in [3.63, 3.8) is 0 Å². The van der Waals surface area contributed by atoms with Crippen LogP contribution < -0.4 is 5.32 Å². The van der Waals surface area contributed by atoms with Gasteiger partial charge in [0, 0.05) is 24.1 Å². The van der Waals surface area contributed by atoms with Crippen LogP contribution in [0.4, 0.5) is 5.82 Å². The van der Waals surface area contributed by atoms with Gasteiger partial charge >= 0.3 is 0 Å². The number of amides is 1. The average molecular weight is 245 g/mol. The summed E-state index contributed by atoms with van der Waals surface area (Å²) in [6.07, 6.45) is 0. The average Bonchev–Trinajstić information content (AvgIpc) is 2.78. The van der Waals surface area contributed by atoms with Gasteiger partial charge in [0.05, 0.1) is 10.2 Å². The van der Waals surface area contributed by atoms with E-state index in [1.54, 1.807) is 11.3 Å². The van der Waals surface area contributed by atoms with Crippen LogP contribution in [-0.2, 0) is 11.8 Å². The molecule has 0 bridgehead atoms. The summed E-state index contributed by atoms with van der Waals surface area (Å²) in [5.41, 5.74) is 1.08. The summed E-state index contributed by atoms with van der Waals surface area (Å²) in [6, 6.07) is 8.19. The monoisotopic (exact) mass is 245 g/mol. The zero-order chi connectivity index (χ0) is 12.0. The standard InChI is InChI=1S/C12H11N3OS/c1-7(16)13-12-11-10(15(2)14-12)8-5-3-4-6-9(8)17-11/h3-6H,1-2H3,(H,13,14,16). The minimum absolute atomic E-state index is 0.0949. The van der Waals surface area contributed by atoms with Crippen LogP contribution in [0.25, 0.3) is 20.3 Å². The second-order valence-corrected chi connectivity index (χ2v) is 4.98. The first kappa shape index (κ1) is 10.3. The highest BCUT2D eigenvalue weighted by atomic mass is 32.1. The van der Waals surface area contributed by atoms with E-state index in [1.165, 1.54) is 17.0 Å². The molecule has 17 heavy (non-hydrogen) atoms. The van der Waals surface area contributed by atoms with E-state index >= 15 is 0 Å². The Morgan fingerprint density at radius 3 is 2.94 bits per heavy atom. The molecule has 0 atom stereocenters. The Kier molecular flexibility index (Phi) is 2.16. The number of aryl methyl sites for hydroxylation is 1. The maximum Gasteiger partial charge on any atom is 0.222 e. The molecule has 0 unspecified atom stereocenters. The van der Waals surface area contributed by atoms with Crippen LogP contribution >= 0.6 is 11.3 Å². The van der Waals surface area contributed by atoms with Gasteiger partial charge in [0.15, 0.2) is 5.82 Å². The largest absolute Gasteiger partial charge is 0.308 e. The number of fused-ring (bicyclic) bond motifs is 3. The van der Waals surface area contributed by atoms with E-state index in [0.717, 1.165) is 10.2 Å². The van der Waals surface area contributed by atoms with E-state index in [4.69, 9.17) is 0 Å². The Morgan fingerprint density at radius 1 is 1.41 bits per heavy atom. The molecule has 0 spiro atoms. The highest BCUT2D eigenvalue weighted by Crippen LogP contribution is 2.37. The molecule has 3 rings (SSSR count). The lowest BCUT2D eigenvalue weighted by Crippen LogP contribution is -2.06. The van der Waals surface area contributed by atoms with Crippen LogP contribution in [-0.4, -0.2) is 15.7 Å². The van der Waals surface area contributed by atoms with Gasteiger partial charge in [0.2, 0.25) is 5.91 Å². The third-order valence-electron chi connectivity index (χ3n) is 2.65. The summed E-state index contributed by atoms with van der Waals surface area (Å²) in [7, 11) is 1.90. The highest BCUT2D eigenvalue weighted by molar-refractivity contribution is 7.26. The number of carbonyl (C=O) groups is 1. The third kappa shape index (κ3) is 1.51. The van der Waals surface area contributed by atoms with Crippen molar-refractivity contribution in [3.05, 3.63) is 24.3 Å². The molecule has 1 amide bonds. The molecular formula is C12H11N3OS. The summed E-state index contributed by atoms with van der Waals surface area (Å²) in [6.45, 7) is 1.49. The maximum absolute atomic E-state index is 11.1. The van der Waals surface area contributed by atoms with Crippen LogP contribution in [0.5, 0.6) is 0 Å². The van der Waals surface area contributed by atoms with Gasteiger partial charge in [-0.1, -0.05) is 18.2 Å². The van der Waals surface area contributed by atoms with Crippen molar-refractivity contribution in [3.8, 4) is 0 Å². The van der Waals surface area contributed by atoms with E-state index in [0.29, 0.717) is 5.82 Å². The van der Waals surface area contributed by atoms with Gasteiger partial charge in [0.1, 0.15) is 0 Å². The summed E-state index contributed by atoms with van der Waals surface area (Å²) in [4.78, 5) is 11.1. The molecule has 0 fully saturated rings. The molecule has 2 aromatic heterocycles. The predicted molar refractivity (Wildman–Crippen MR) is 70.4 cm³/mol. The minimum Gasteiger partial charge on any atom is -0.308 e. The Morgan fingerprint density at radius 2 is 2.18 bits per heavy atom. The van der Waals surface area contributed by atoms with E-state index in [2.05, 4.69) is 22.5 Å². The molecule has 1 aromatic carbocycles. The molecule has 4 nitrogen and oxygen atoms in total. The van der Waals surface area contributed by atoms with Crippen molar-refractivity contribution in [2.24, 2.45) is 7.05 Å². The van der Waals surface area contributed by atoms with Gasteiger partial charge in [-0.2, -0.15) is 5.10 Å². The second kappa shape index (κ2) is 3.56. The number of anilines is 1. The van der Waals surface area contributed by atoms with E-state index in [9.17, 15) is 4.79 Å². The topological polar surface area (TPSA) is 46.9 Å². The SMILES string of the molecule is CC(=O)Nc1nn(C)c2c1sc1ccccc12. The van der Waals surface area contributed by atoms with Gasteiger partial charge in [-0.25, -0.2) is 0 Å². The fourth-order valence-corrected chi connectivity index (χ4v) is 3.18. The number of hydrogen-bond acceptors (Lipinski definition) is 3. The molecule has 3 aromatic rings. The molecule has 0 aliphatic heterocycles. The lowest BCUT2D eigenvalue weighted by Gasteiger charge is -1.95. The molecule has 0 aliphatic rings. The molecule has 0 radical (unpaired) electrons. The van der Waals surface area contributed by atoms with Crippen molar-refractivity contribution in [2.45, 2.75) is 6.92 Å². The summed E-state index contributed by atoms with van der Waals surface area (Å²) < 4.78 is 4.06. The summed E-state index contributed by atoms with van der Waals surface area (Å²) in [5.74, 6) is 0.554. The number of benzene rings is 1. The minimum atomic E-state index is -0.0949. The van der Waals surface area contributed by atoms with Crippen molar-refractivity contribution < 1.29 is 4.79 Å². The Hall–Kier alpha value is -1.88. The number of thiophene rings is 1. The molecule has 2 heterocycles. The number of nitrogens with one attached hydrogen (secondary N) is 1. The summed E-state index contributed by atoms with van der Waals surface area (Å²) in [5, 5.41) is 8.28. The maximum atomic E-state index is 11.1. The highest BCUT2D eigenvalue weighted by Gasteiger charge is 2.15. The van der Waals surface area contributed by atoms with Gasteiger partial charge in [-0.05, 0) is 6.07 Å². The Balaban J connectivity index is 2.36. The first-order valence-corrected chi connectivity index (χ1v) is 6.10. The number of aromatic nitrogens is 2. The molecular weight excluding hydrogens is 234 g/mol. The van der Waals surface area contributed by atoms with Crippen LogP contribution in [0.1, 0.15) is 6.92 Å². The molecule has 0 aliphatic carbocycles. The fraction of sp³-hybridized carbons (Fsp3) is 0.167. The van der Waals surface area contributed by atoms with Crippen molar-refractivity contribution in [2.75, 3.05) is 5.32 Å². The third-order valence-corrected chi connectivity index (χ3v) is 3.82. The zero-order valence-corrected chi connectivity index (χ0v) is 10.3. The van der Waals surface area contributed by atoms with Crippen molar-refractivity contribution in [1.29, 1.82) is 0 Å². The Labute approximate surface area is 102 Å². The number of rotatable bonds is 1. The van der Waals surface area contributed by atoms with Crippen molar-refractivity contribution in [1.82, 2.24) is 9.78 Å². The fourth-order valence-electron chi connectivity index (χ4n) is 2.01. The zero-order valence-electron chi connectivity index (χ0n) is 9.52. The molecule has 0 saturated carbocycles. The molecule has 0 saturated heterocycles. The lowest BCUT2D eigenvalue weighted by molar-refractivity contribution is -0.114. The number of nitrogens with zero attached hydrogens (tertiary/aromatic N) is 2. The van der Waals surface area contributed by atoms with Gasteiger partial charge < -0.3 is 5.32 Å². The Bertz CT molecular complexity index is 726. The van der Waals surface area contributed by atoms with Crippen LogP contribution in [0.2, 0.25) is 0 Å². The smallest absolute Gasteiger partial charge is 0.222 e. The lowest BCUT2D eigenvalue weighted by atomic mass is 10.2. The van der Waals surface area contributed by atoms with E-state index < -0.39 is 0 Å². The molecule has 5 heteroatoms. The van der Waals surface area contributed by atoms with Gasteiger partial charge in [-0.3, -0.25) is 9.48 Å². The van der Waals surface area contributed by atoms with Crippen molar-refractivity contribution >= 4 is 43.4 Å². The first-order chi connectivity index (χ1) is 8.16. The van der Waals surface area contributed by atoms with Crippen LogP contribution in [0.15, 0.2) is 24.3 Å². The van der Waals surface area contributed by atoms with Gasteiger partial charge in [0.25, 0.3) is 0 Å². The normalized spacial score (nSPS) is 11.2. The first-order valence-electron chi connectivity index (χ1n) is 5.28. The predicted octanol–water partition coefficient (Wildman–Crippen LogP) is 2.75. The quantitative estimate of drug-likeness (QED) is 0.716. The van der Waals surface area contributed by atoms with Gasteiger partial charge in [-0.15, -0.1) is 11.3 Å². The molecule has 1 N–H and O–H groups in total. The van der Waals surface area contributed by atoms with Crippen LogP contribution in [0, 0.1) is 0 Å².